The molecule has 1 atom stereocenters. The molecule has 0 bridgehead atoms. The van der Waals surface area contributed by atoms with E-state index in [1.165, 1.54) is 18.9 Å². The van der Waals surface area contributed by atoms with Gasteiger partial charge in [0, 0.05) is 6.42 Å². The molecule has 1 aliphatic heterocycles. The van der Waals surface area contributed by atoms with Crippen LogP contribution in [0.4, 0.5) is 0 Å². The predicted octanol–water partition coefficient (Wildman–Crippen LogP) is 0.270. The number of hydrogen-bond acceptors (Lipinski definition) is 0. The normalized spacial score (nSPS) is 24.8. The third-order valence-electron chi connectivity index (χ3n) is 2.60. The Kier molecular flexibility index (Phi) is 2.60. The Morgan fingerprint density at radius 1 is 1.33 bits per heavy atom. The van der Waals surface area contributed by atoms with Crippen molar-refractivity contribution in [3.63, 3.8) is 0 Å². The van der Waals surface area contributed by atoms with Crippen molar-refractivity contribution in [1.82, 2.24) is 9.80 Å². The SMILES string of the molecule is CC1CCN(C)C(=[N+](C)C)N1C. The molecular weight excluding hydrogens is 150 g/mol. The van der Waals surface area contributed by atoms with Crippen LogP contribution in [0, 0.1) is 0 Å². The molecule has 0 aliphatic carbocycles. The minimum absolute atomic E-state index is 0.665. The number of hydrogen-bond donors (Lipinski definition) is 0. The van der Waals surface area contributed by atoms with Crippen molar-refractivity contribution in [3.8, 4) is 0 Å². The Hall–Kier alpha value is -0.730. The molecule has 70 valence electrons. The molecule has 0 aromatic carbocycles. The third kappa shape index (κ3) is 1.54. The second-order valence-corrected chi connectivity index (χ2v) is 3.86. The van der Waals surface area contributed by atoms with Gasteiger partial charge in [0.25, 0.3) is 0 Å². The summed E-state index contributed by atoms with van der Waals surface area (Å²) in [7, 11) is 8.51. The molecule has 1 unspecified atom stereocenters. The summed E-state index contributed by atoms with van der Waals surface area (Å²) >= 11 is 0. The van der Waals surface area contributed by atoms with Crippen molar-refractivity contribution in [1.29, 1.82) is 0 Å². The van der Waals surface area contributed by atoms with Gasteiger partial charge in [0.05, 0.1) is 40.8 Å². The van der Waals surface area contributed by atoms with Gasteiger partial charge in [-0.05, 0) is 6.92 Å². The first-order valence-electron chi connectivity index (χ1n) is 4.52. The van der Waals surface area contributed by atoms with Crippen molar-refractivity contribution in [2.45, 2.75) is 19.4 Å². The van der Waals surface area contributed by atoms with E-state index < -0.39 is 0 Å². The maximum atomic E-state index is 2.34. The van der Waals surface area contributed by atoms with E-state index in [1.54, 1.807) is 0 Å². The molecule has 3 nitrogen and oxygen atoms in total. The summed E-state index contributed by atoms with van der Waals surface area (Å²) in [6, 6.07) is 0.665. The first-order chi connectivity index (χ1) is 5.54. The van der Waals surface area contributed by atoms with E-state index in [4.69, 9.17) is 0 Å². The van der Waals surface area contributed by atoms with Crippen LogP contribution in [0.15, 0.2) is 0 Å². The smallest absolute Gasteiger partial charge is 0.270 e. The van der Waals surface area contributed by atoms with Gasteiger partial charge in [-0.15, -0.1) is 0 Å². The van der Waals surface area contributed by atoms with Crippen LogP contribution in [0.1, 0.15) is 13.3 Å². The van der Waals surface area contributed by atoms with Crippen LogP contribution < -0.4 is 0 Å². The molecule has 1 rings (SSSR count). The highest BCUT2D eigenvalue weighted by atomic mass is 15.4. The monoisotopic (exact) mass is 170 g/mol. The van der Waals surface area contributed by atoms with Crippen molar-refractivity contribution < 1.29 is 4.58 Å². The minimum Gasteiger partial charge on any atom is -0.270 e. The Morgan fingerprint density at radius 2 is 1.92 bits per heavy atom. The lowest BCUT2D eigenvalue weighted by molar-refractivity contribution is -0.477. The molecular formula is C9H20N3+. The lowest BCUT2D eigenvalue weighted by Gasteiger charge is -2.33. The van der Waals surface area contributed by atoms with Gasteiger partial charge in [0.1, 0.15) is 0 Å². The van der Waals surface area contributed by atoms with Crippen LogP contribution in [0.2, 0.25) is 0 Å². The highest BCUT2D eigenvalue weighted by Gasteiger charge is 2.30. The largest absolute Gasteiger partial charge is 0.349 e. The summed E-state index contributed by atoms with van der Waals surface area (Å²) in [5, 5.41) is 0. The molecule has 0 aromatic heterocycles. The standard InChI is InChI=1S/C9H20N3/c1-8-6-7-11(4)9(10(2)3)12(8)5/h8H,6-7H2,1-5H3/q+1. The summed E-state index contributed by atoms with van der Waals surface area (Å²) in [6.45, 7) is 3.44. The molecule has 0 aromatic rings. The first-order valence-corrected chi connectivity index (χ1v) is 4.52. The van der Waals surface area contributed by atoms with Crippen molar-refractivity contribution >= 4 is 5.96 Å². The average molecular weight is 170 g/mol. The van der Waals surface area contributed by atoms with Gasteiger partial charge in [-0.2, -0.15) is 0 Å². The molecule has 1 aliphatic rings. The van der Waals surface area contributed by atoms with E-state index in [2.05, 4.69) is 49.5 Å². The molecule has 0 N–H and O–H groups in total. The van der Waals surface area contributed by atoms with Crippen LogP contribution in [0.25, 0.3) is 0 Å². The van der Waals surface area contributed by atoms with Crippen LogP contribution in [0.5, 0.6) is 0 Å². The fourth-order valence-corrected chi connectivity index (χ4v) is 1.80. The third-order valence-corrected chi connectivity index (χ3v) is 2.60. The van der Waals surface area contributed by atoms with Gasteiger partial charge in [0.2, 0.25) is 0 Å². The van der Waals surface area contributed by atoms with E-state index in [0.717, 1.165) is 0 Å². The molecule has 3 heteroatoms. The Labute approximate surface area is 75.3 Å². The highest BCUT2D eigenvalue weighted by Crippen LogP contribution is 2.11. The molecule has 12 heavy (non-hydrogen) atoms. The molecule has 1 saturated heterocycles. The lowest BCUT2D eigenvalue weighted by Crippen LogP contribution is -2.53. The number of rotatable bonds is 0. The molecule has 0 amide bonds. The zero-order chi connectivity index (χ0) is 9.30. The zero-order valence-corrected chi connectivity index (χ0v) is 8.83. The summed E-state index contributed by atoms with van der Waals surface area (Å²) < 4.78 is 2.18. The van der Waals surface area contributed by atoms with Crippen LogP contribution in [-0.2, 0) is 0 Å². The first kappa shape index (κ1) is 9.36. The van der Waals surface area contributed by atoms with E-state index in [0.29, 0.717) is 6.04 Å². The van der Waals surface area contributed by atoms with Gasteiger partial charge in [-0.1, -0.05) is 0 Å². The fraction of sp³-hybridized carbons (Fsp3) is 0.889. The van der Waals surface area contributed by atoms with Crippen molar-refractivity contribution in [3.05, 3.63) is 0 Å². The van der Waals surface area contributed by atoms with Crippen LogP contribution in [-0.4, -0.2) is 61.1 Å². The van der Waals surface area contributed by atoms with E-state index in [1.807, 2.05) is 0 Å². The Morgan fingerprint density at radius 3 is 2.33 bits per heavy atom. The van der Waals surface area contributed by atoms with Gasteiger partial charge >= 0.3 is 5.96 Å². The average Bonchev–Trinajstić information content (AvgIpc) is 1.97. The number of guanidine groups is 1. The molecule has 0 saturated carbocycles. The summed E-state index contributed by atoms with van der Waals surface area (Å²) in [5.74, 6) is 1.31. The maximum absolute atomic E-state index is 2.34. The lowest BCUT2D eigenvalue weighted by atomic mass is 10.1. The van der Waals surface area contributed by atoms with E-state index >= 15 is 0 Å². The summed E-state index contributed by atoms with van der Waals surface area (Å²) in [6.07, 6.45) is 1.25. The maximum Gasteiger partial charge on any atom is 0.349 e. The van der Waals surface area contributed by atoms with Gasteiger partial charge in [-0.3, -0.25) is 14.4 Å². The van der Waals surface area contributed by atoms with Gasteiger partial charge in [-0.25, -0.2) is 0 Å². The quantitative estimate of drug-likeness (QED) is 0.483. The second kappa shape index (κ2) is 3.33. The second-order valence-electron chi connectivity index (χ2n) is 3.86. The van der Waals surface area contributed by atoms with Crippen molar-refractivity contribution in [2.75, 3.05) is 34.7 Å². The fourth-order valence-electron chi connectivity index (χ4n) is 1.80. The molecule has 0 radical (unpaired) electrons. The van der Waals surface area contributed by atoms with Crippen LogP contribution in [0.3, 0.4) is 0 Å². The topological polar surface area (TPSA) is 9.49 Å². The predicted molar refractivity (Wildman–Crippen MR) is 51.6 cm³/mol. The molecule has 1 heterocycles. The molecule has 1 fully saturated rings. The van der Waals surface area contributed by atoms with E-state index in [9.17, 15) is 0 Å². The zero-order valence-electron chi connectivity index (χ0n) is 8.83. The van der Waals surface area contributed by atoms with E-state index in [-0.39, 0.29) is 0 Å². The number of nitrogens with zero attached hydrogens (tertiary/aromatic N) is 3. The minimum atomic E-state index is 0.665. The Balaban J connectivity index is 2.87. The Bertz CT molecular complexity index is 194. The highest BCUT2D eigenvalue weighted by molar-refractivity contribution is 5.75. The van der Waals surface area contributed by atoms with Crippen molar-refractivity contribution in [2.24, 2.45) is 0 Å². The molecule has 0 spiro atoms. The van der Waals surface area contributed by atoms with Gasteiger partial charge in [0.15, 0.2) is 0 Å². The summed E-state index contributed by atoms with van der Waals surface area (Å²) in [4.78, 5) is 4.64. The summed E-state index contributed by atoms with van der Waals surface area (Å²) in [5.41, 5.74) is 0. The van der Waals surface area contributed by atoms with Gasteiger partial charge < -0.3 is 0 Å². The van der Waals surface area contributed by atoms with Crippen LogP contribution >= 0.6 is 0 Å².